The van der Waals surface area contributed by atoms with Gasteiger partial charge in [-0.3, -0.25) is 9.20 Å². The van der Waals surface area contributed by atoms with Crippen LogP contribution in [0.15, 0.2) is 64.7 Å². The number of hydrogen-bond donors (Lipinski definition) is 2. The Balaban J connectivity index is 1.77. The number of benzene rings is 1. The Morgan fingerprint density at radius 1 is 1.16 bits per heavy atom. The van der Waals surface area contributed by atoms with Crippen molar-refractivity contribution >= 4 is 29.2 Å². The van der Waals surface area contributed by atoms with Crippen LogP contribution in [0.1, 0.15) is 29.7 Å². The van der Waals surface area contributed by atoms with Crippen molar-refractivity contribution in [3.63, 3.8) is 0 Å². The number of urea groups is 1. The zero-order valence-corrected chi connectivity index (χ0v) is 17.6. The normalized spacial score (nSPS) is 16.1. The Bertz CT molecular complexity index is 1280. The number of fused-ring (bicyclic) bond motifs is 1. The van der Waals surface area contributed by atoms with Crippen molar-refractivity contribution < 1.29 is 14.3 Å². The summed E-state index contributed by atoms with van der Waals surface area (Å²) in [4.78, 5) is 42.7. The van der Waals surface area contributed by atoms with Gasteiger partial charge in [-0.2, -0.15) is 0 Å². The first-order valence-corrected chi connectivity index (χ1v) is 9.91. The van der Waals surface area contributed by atoms with Crippen molar-refractivity contribution in [2.24, 2.45) is 0 Å². The number of ether oxygens (including phenoxy) is 1. The molecule has 0 unspecified atom stereocenters. The van der Waals surface area contributed by atoms with Crippen molar-refractivity contribution in [1.82, 2.24) is 20.0 Å². The van der Waals surface area contributed by atoms with E-state index in [-0.39, 0.29) is 28.6 Å². The molecule has 158 valence electrons. The number of halogens is 1. The molecule has 0 saturated heterocycles. The molecule has 2 aromatic heterocycles. The van der Waals surface area contributed by atoms with Gasteiger partial charge in [-0.05, 0) is 31.0 Å². The molecule has 3 aromatic rings. The molecule has 0 radical (unpaired) electrons. The number of hydrogen-bond acceptors (Lipinski definition) is 5. The number of pyridine rings is 1. The van der Waals surface area contributed by atoms with Crippen molar-refractivity contribution in [3.05, 3.63) is 92.1 Å². The molecular weight excluding hydrogens is 420 g/mol. The lowest BCUT2D eigenvalue weighted by Gasteiger charge is -2.28. The van der Waals surface area contributed by atoms with Gasteiger partial charge in [0.15, 0.2) is 0 Å². The lowest BCUT2D eigenvalue weighted by Crippen LogP contribution is -2.47. The molecule has 0 fully saturated rings. The topological polar surface area (TPSA) is 102 Å². The Labute approximate surface area is 182 Å². The summed E-state index contributed by atoms with van der Waals surface area (Å²) in [6, 6.07) is 11.0. The average Bonchev–Trinajstić information content (AvgIpc) is 2.73. The first kappa shape index (κ1) is 20.6. The number of rotatable bonds is 4. The van der Waals surface area contributed by atoms with Gasteiger partial charge in [-0.15, -0.1) is 0 Å². The average molecular weight is 439 g/mol. The van der Waals surface area contributed by atoms with Crippen LogP contribution in [0, 0.1) is 6.92 Å². The monoisotopic (exact) mass is 438 g/mol. The predicted octanol–water partition coefficient (Wildman–Crippen LogP) is 3.03. The highest BCUT2D eigenvalue weighted by molar-refractivity contribution is 6.30. The molecule has 2 N–H and O–H groups in total. The van der Waals surface area contributed by atoms with E-state index in [1.54, 1.807) is 32.2 Å². The van der Waals surface area contributed by atoms with Gasteiger partial charge in [0.25, 0.3) is 5.56 Å². The summed E-state index contributed by atoms with van der Waals surface area (Å²) in [5.74, 6) is -0.677. The standard InChI is InChI=1S/C22H19ClN4O4/c1-12-7-6-10-27-19(12)26-18(23)16(20(27)28)17-15(13(2)24-22(30)25-17)21(29)31-11-14-8-4-3-5-9-14/h3-10,17H,11H2,1-2H3,(H2,24,25,30)/t17-/m0/s1. The number of esters is 1. The van der Waals surface area contributed by atoms with Crippen molar-refractivity contribution in [3.8, 4) is 0 Å². The van der Waals surface area contributed by atoms with Crippen LogP contribution in [0.3, 0.4) is 0 Å². The summed E-state index contributed by atoms with van der Waals surface area (Å²) in [6.45, 7) is 3.41. The molecule has 8 nitrogen and oxygen atoms in total. The second-order valence-electron chi connectivity index (χ2n) is 7.14. The van der Waals surface area contributed by atoms with E-state index in [0.29, 0.717) is 5.65 Å². The van der Waals surface area contributed by atoms with Gasteiger partial charge in [0.05, 0.1) is 17.2 Å². The summed E-state index contributed by atoms with van der Waals surface area (Å²) in [6.07, 6.45) is 1.56. The fourth-order valence-electron chi connectivity index (χ4n) is 3.51. The molecule has 31 heavy (non-hydrogen) atoms. The van der Waals surface area contributed by atoms with Gasteiger partial charge in [0.1, 0.15) is 17.4 Å². The van der Waals surface area contributed by atoms with Crippen LogP contribution in [0.25, 0.3) is 5.65 Å². The van der Waals surface area contributed by atoms with E-state index < -0.39 is 23.6 Å². The molecular formula is C22H19ClN4O4. The first-order chi connectivity index (χ1) is 14.9. The second kappa shape index (κ2) is 8.23. The van der Waals surface area contributed by atoms with E-state index in [4.69, 9.17) is 16.3 Å². The van der Waals surface area contributed by atoms with Gasteiger partial charge < -0.3 is 15.4 Å². The van der Waals surface area contributed by atoms with Gasteiger partial charge in [0, 0.05) is 11.9 Å². The molecule has 0 aliphatic carbocycles. The maximum Gasteiger partial charge on any atom is 0.338 e. The molecule has 2 amide bonds. The van der Waals surface area contributed by atoms with E-state index in [0.717, 1.165) is 11.1 Å². The number of allylic oxidation sites excluding steroid dienone is 1. The van der Waals surface area contributed by atoms with Crippen LogP contribution in [0.4, 0.5) is 4.79 Å². The quantitative estimate of drug-likeness (QED) is 0.481. The second-order valence-corrected chi connectivity index (χ2v) is 7.50. The maximum absolute atomic E-state index is 13.3. The fourth-order valence-corrected chi connectivity index (χ4v) is 3.78. The molecule has 0 bridgehead atoms. The van der Waals surface area contributed by atoms with Gasteiger partial charge >= 0.3 is 12.0 Å². The highest BCUT2D eigenvalue weighted by Crippen LogP contribution is 2.30. The van der Waals surface area contributed by atoms with Crippen molar-refractivity contribution in [2.45, 2.75) is 26.5 Å². The minimum absolute atomic E-state index is 0.00868. The van der Waals surface area contributed by atoms with Crippen LogP contribution in [0.2, 0.25) is 5.15 Å². The third kappa shape index (κ3) is 3.89. The molecule has 4 rings (SSSR count). The van der Waals surface area contributed by atoms with E-state index in [2.05, 4.69) is 15.6 Å². The van der Waals surface area contributed by atoms with E-state index in [9.17, 15) is 14.4 Å². The Kier molecular flexibility index (Phi) is 5.48. The number of aryl methyl sites for hydroxylation is 1. The number of aromatic nitrogens is 2. The van der Waals surface area contributed by atoms with Crippen LogP contribution in [0.5, 0.6) is 0 Å². The van der Waals surface area contributed by atoms with Crippen LogP contribution < -0.4 is 16.2 Å². The number of amides is 2. The zero-order chi connectivity index (χ0) is 22.1. The third-order valence-corrected chi connectivity index (χ3v) is 5.32. The molecule has 1 aliphatic heterocycles. The maximum atomic E-state index is 13.3. The Morgan fingerprint density at radius 2 is 1.90 bits per heavy atom. The highest BCUT2D eigenvalue weighted by atomic mass is 35.5. The minimum Gasteiger partial charge on any atom is -0.457 e. The van der Waals surface area contributed by atoms with Gasteiger partial charge in [0.2, 0.25) is 0 Å². The summed E-state index contributed by atoms with van der Waals surface area (Å²) in [7, 11) is 0. The third-order valence-electron chi connectivity index (χ3n) is 5.03. The summed E-state index contributed by atoms with van der Waals surface area (Å²) in [5, 5.41) is 5.07. The SMILES string of the molecule is CC1=C(C(=O)OCc2ccccc2)[C@@H](c2c(Cl)nc3c(C)cccn3c2=O)NC(=O)N1. The fraction of sp³-hybridized carbons (Fsp3) is 0.182. The van der Waals surface area contributed by atoms with E-state index in [1.165, 1.54) is 4.40 Å². The van der Waals surface area contributed by atoms with Crippen molar-refractivity contribution in [2.75, 3.05) is 0 Å². The molecule has 3 heterocycles. The predicted molar refractivity (Wildman–Crippen MR) is 115 cm³/mol. The van der Waals surface area contributed by atoms with Gasteiger partial charge in [-0.1, -0.05) is 48.0 Å². The number of nitrogens with one attached hydrogen (secondary N) is 2. The summed E-state index contributed by atoms with van der Waals surface area (Å²) in [5.41, 5.74) is 1.84. The van der Waals surface area contributed by atoms with E-state index >= 15 is 0 Å². The lowest BCUT2D eigenvalue weighted by molar-refractivity contribution is -0.140. The minimum atomic E-state index is -1.11. The molecule has 0 saturated carbocycles. The van der Waals surface area contributed by atoms with Gasteiger partial charge in [-0.25, -0.2) is 14.6 Å². The van der Waals surface area contributed by atoms with Crippen LogP contribution in [-0.2, 0) is 16.1 Å². The Morgan fingerprint density at radius 3 is 2.65 bits per heavy atom. The Hall–Kier alpha value is -3.65. The van der Waals surface area contributed by atoms with Crippen LogP contribution >= 0.6 is 11.6 Å². The highest BCUT2D eigenvalue weighted by Gasteiger charge is 2.36. The number of nitrogens with zero attached hydrogens (tertiary/aromatic N) is 2. The smallest absolute Gasteiger partial charge is 0.338 e. The lowest BCUT2D eigenvalue weighted by atomic mass is 9.97. The molecule has 1 atom stereocenters. The largest absolute Gasteiger partial charge is 0.457 e. The number of carbonyl (C=O) groups is 2. The molecule has 9 heteroatoms. The molecule has 0 spiro atoms. The van der Waals surface area contributed by atoms with E-state index in [1.807, 2.05) is 30.3 Å². The van der Waals surface area contributed by atoms with Crippen molar-refractivity contribution in [1.29, 1.82) is 0 Å². The summed E-state index contributed by atoms with van der Waals surface area (Å²) < 4.78 is 6.79. The molecule has 1 aliphatic rings. The molecule has 1 aromatic carbocycles. The van der Waals surface area contributed by atoms with Crippen LogP contribution in [-0.4, -0.2) is 21.4 Å². The summed E-state index contributed by atoms with van der Waals surface area (Å²) >= 11 is 6.38. The number of carbonyl (C=O) groups excluding carboxylic acids is 2. The first-order valence-electron chi connectivity index (χ1n) is 9.53. The zero-order valence-electron chi connectivity index (χ0n) is 16.8.